The van der Waals surface area contributed by atoms with Gasteiger partial charge in [-0.25, -0.2) is 0 Å². The molecule has 3 N–H and O–H groups in total. The molecule has 4 nitrogen and oxygen atoms in total. The molecule has 0 aromatic carbocycles. The summed E-state index contributed by atoms with van der Waals surface area (Å²) < 4.78 is 0. The summed E-state index contributed by atoms with van der Waals surface area (Å²) in [7, 11) is 0. The second-order valence-electron chi connectivity index (χ2n) is 2.48. The van der Waals surface area contributed by atoms with Gasteiger partial charge in [0.2, 0.25) is 5.43 Å². The molecule has 0 saturated carbocycles. The number of fused-ring (bicyclic) bond motifs is 1. The van der Waals surface area contributed by atoms with E-state index in [0.717, 1.165) is 10.8 Å². The first kappa shape index (κ1) is 7.54. The maximum absolute atomic E-state index is 11.4. The third-order valence-corrected chi connectivity index (χ3v) is 2.42. The quantitative estimate of drug-likeness (QED) is 0.566. The van der Waals surface area contributed by atoms with Crippen LogP contribution in [-0.4, -0.2) is 17.9 Å². The SMILES string of the molecule is CSc1cc(=O)c2c([nH]1)NCN2. The minimum atomic E-state index is 0.0399. The van der Waals surface area contributed by atoms with Crippen LogP contribution in [-0.2, 0) is 0 Å². The minimum Gasteiger partial charge on any atom is -0.362 e. The molecule has 0 radical (unpaired) electrons. The highest BCUT2D eigenvalue weighted by atomic mass is 32.2. The largest absolute Gasteiger partial charge is 0.362 e. The van der Waals surface area contributed by atoms with Gasteiger partial charge >= 0.3 is 0 Å². The number of rotatable bonds is 1. The number of thioether (sulfide) groups is 1. The highest BCUT2D eigenvalue weighted by Gasteiger charge is 2.13. The van der Waals surface area contributed by atoms with Crippen LogP contribution < -0.4 is 16.1 Å². The summed E-state index contributed by atoms with van der Waals surface area (Å²) in [5, 5.41) is 6.88. The summed E-state index contributed by atoms with van der Waals surface area (Å²) in [5.41, 5.74) is 0.686. The fourth-order valence-electron chi connectivity index (χ4n) is 1.18. The lowest BCUT2D eigenvalue weighted by atomic mass is 10.4. The first-order valence-electron chi connectivity index (χ1n) is 3.60. The van der Waals surface area contributed by atoms with E-state index >= 15 is 0 Å². The first-order chi connectivity index (χ1) is 5.81. The Morgan fingerprint density at radius 2 is 2.33 bits per heavy atom. The van der Waals surface area contributed by atoms with E-state index in [1.807, 2.05) is 6.26 Å². The lowest BCUT2D eigenvalue weighted by Crippen LogP contribution is -2.06. The summed E-state index contributed by atoms with van der Waals surface area (Å²) in [5.74, 6) is 0.798. The fraction of sp³-hybridized carbons (Fsp3) is 0.286. The van der Waals surface area contributed by atoms with Crippen molar-refractivity contribution in [1.29, 1.82) is 0 Å². The van der Waals surface area contributed by atoms with E-state index in [1.54, 1.807) is 6.07 Å². The minimum absolute atomic E-state index is 0.0399. The van der Waals surface area contributed by atoms with Crippen molar-refractivity contribution in [2.75, 3.05) is 23.6 Å². The number of nitrogens with one attached hydrogen (secondary N) is 3. The predicted molar refractivity (Wildman–Crippen MR) is 51.0 cm³/mol. The van der Waals surface area contributed by atoms with Gasteiger partial charge in [-0.2, -0.15) is 0 Å². The molecule has 64 valence electrons. The second kappa shape index (κ2) is 2.75. The Kier molecular flexibility index (Phi) is 1.73. The van der Waals surface area contributed by atoms with Crippen molar-refractivity contribution in [1.82, 2.24) is 4.98 Å². The van der Waals surface area contributed by atoms with Gasteiger partial charge in [0.05, 0.1) is 11.7 Å². The maximum atomic E-state index is 11.4. The lowest BCUT2D eigenvalue weighted by molar-refractivity contribution is 1.13. The molecule has 0 atom stereocenters. The molecule has 0 aliphatic carbocycles. The van der Waals surface area contributed by atoms with Crippen molar-refractivity contribution in [3.8, 4) is 0 Å². The molecule has 1 aliphatic rings. The van der Waals surface area contributed by atoms with Gasteiger partial charge in [-0.05, 0) is 6.26 Å². The molecule has 2 heterocycles. The number of pyridine rings is 1. The standard InChI is InChI=1S/C7H9N3OS/c1-12-5-2-4(11)6-7(10-5)9-3-8-6/h2,8H,3H2,1H3,(H2,9,10,11). The molecule has 0 saturated heterocycles. The van der Waals surface area contributed by atoms with Crippen LogP contribution in [0.1, 0.15) is 0 Å². The van der Waals surface area contributed by atoms with Crippen LogP contribution in [0.4, 0.5) is 11.5 Å². The highest BCUT2D eigenvalue weighted by Crippen LogP contribution is 2.22. The van der Waals surface area contributed by atoms with E-state index in [9.17, 15) is 4.79 Å². The number of anilines is 2. The van der Waals surface area contributed by atoms with Crippen molar-refractivity contribution in [3.63, 3.8) is 0 Å². The Morgan fingerprint density at radius 3 is 3.08 bits per heavy atom. The van der Waals surface area contributed by atoms with Crippen LogP contribution >= 0.6 is 11.8 Å². The van der Waals surface area contributed by atoms with E-state index in [1.165, 1.54) is 11.8 Å². The van der Waals surface area contributed by atoms with Crippen molar-refractivity contribution in [2.24, 2.45) is 0 Å². The van der Waals surface area contributed by atoms with Crippen molar-refractivity contribution < 1.29 is 0 Å². The predicted octanol–water partition coefficient (Wildman–Crippen LogP) is 0.892. The molecule has 0 unspecified atom stereocenters. The lowest BCUT2D eigenvalue weighted by Gasteiger charge is -2.00. The molecule has 1 aromatic rings. The van der Waals surface area contributed by atoms with E-state index in [2.05, 4.69) is 15.6 Å². The average Bonchev–Trinajstić information content (AvgIpc) is 2.52. The zero-order valence-corrected chi connectivity index (χ0v) is 7.42. The van der Waals surface area contributed by atoms with E-state index in [-0.39, 0.29) is 5.43 Å². The van der Waals surface area contributed by atoms with Gasteiger partial charge in [0.15, 0.2) is 0 Å². The van der Waals surface area contributed by atoms with Gasteiger partial charge < -0.3 is 15.6 Å². The van der Waals surface area contributed by atoms with Gasteiger partial charge in [0.25, 0.3) is 0 Å². The first-order valence-corrected chi connectivity index (χ1v) is 4.83. The molecule has 12 heavy (non-hydrogen) atoms. The Morgan fingerprint density at radius 1 is 1.50 bits per heavy atom. The average molecular weight is 183 g/mol. The molecule has 0 bridgehead atoms. The highest BCUT2D eigenvalue weighted by molar-refractivity contribution is 7.98. The van der Waals surface area contributed by atoms with Crippen LogP contribution in [0.2, 0.25) is 0 Å². The second-order valence-corrected chi connectivity index (χ2v) is 3.33. The summed E-state index contributed by atoms with van der Waals surface area (Å²) in [6.45, 7) is 0.624. The molecule has 5 heteroatoms. The van der Waals surface area contributed by atoms with Crippen LogP contribution in [0.5, 0.6) is 0 Å². The summed E-state index contributed by atoms with van der Waals surface area (Å²) in [6.07, 6.45) is 1.93. The molecular weight excluding hydrogens is 174 g/mol. The van der Waals surface area contributed by atoms with Crippen LogP contribution in [0, 0.1) is 0 Å². The summed E-state index contributed by atoms with van der Waals surface area (Å²) >= 11 is 1.53. The van der Waals surface area contributed by atoms with Crippen molar-refractivity contribution >= 4 is 23.3 Å². The monoisotopic (exact) mass is 183 g/mol. The zero-order valence-electron chi connectivity index (χ0n) is 6.60. The van der Waals surface area contributed by atoms with Crippen LogP contribution in [0.15, 0.2) is 15.9 Å². The number of H-pyrrole nitrogens is 1. The summed E-state index contributed by atoms with van der Waals surface area (Å²) in [6, 6.07) is 1.60. The fourth-order valence-corrected chi connectivity index (χ4v) is 1.60. The van der Waals surface area contributed by atoms with E-state index in [4.69, 9.17) is 0 Å². The number of hydrogen-bond donors (Lipinski definition) is 3. The molecule has 1 aliphatic heterocycles. The zero-order chi connectivity index (χ0) is 8.55. The molecule has 0 spiro atoms. The van der Waals surface area contributed by atoms with Crippen molar-refractivity contribution in [2.45, 2.75) is 5.03 Å². The van der Waals surface area contributed by atoms with Gasteiger partial charge in [-0.15, -0.1) is 11.8 Å². The van der Waals surface area contributed by atoms with Gasteiger partial charge in [0.1, 0.15) is 11.5 Å². The number of aromatic amines is 1. The molecule has 1 aromatic heterocycles. The molecule has 2 rings (SSSR count). The number of aromatic nitrogens is 1. The Labute approximate surface area is 73.8 Å². The maximum Gasteiger partial charge on any atom is 0.208 e. The van der Waals surface area contributed by atoms with Crippen LogP contribution in [0.3, 0.4) is 0 Å². The smallest absolute Gasteiger partial charge is 0.208 e. The van der Waals surface area contributed by atoms with E-state index < -0.39 is 0 Å². The Balaban J connectivity index is 2.59. The normalized spacial score (nSPS) is 13.4. The molecular formula is C7H9N3OS. The number of hydrogen-bond acceptors (Lipinski definition) is 4. The molecule has 0 fully saturated rings. The molecule has 0 amide bonds. The van der Waals surface area contributed by atoms with Crippen molar-refractivity contribution in [3.05, 3.63) is 16.3 Å². The van der Waals surface area contributed by atoms with Gasteiger partial charge in [0, 0.05) is 6.07 Å². The Bertz CT molecular complexity index is 360. The third kappa shape index (κ3) is 1.06. The van der Waals surface area contributed by atoms with Crippen LogP contribution in [0.25, 0.3) is 0 Å². The topological polar surface area (TPSA) is 56.9 Å². The van der Waals surface area contributed by atoms with E-state index in [0.29, 0.717) is 12.4 Å². The summed E-state index contributed by atoms with van der Waals surface area (Å²) in [4.78, 5) is 14.5. The van der Waals surface area contributed by atoms with Gasteiger partial charge in [-0.3, -0.25) is 4.79 Å². The Hall–Kier alpha value is -1.10. The third-order valence-electron chi connectivity index (χ3n) is 1.76. The van der Waals surface area contributed by atoms with Gasteiger partial charge in [-0.1, -0.05) is 0 Å².